The van der Waals surface area contributed by atoms with Crippen molar-refractivity contribution in [3.8, 4) is 5.75 Å². The monoisotopic (exact) mass is 263 g/mol. The van der Waals surface area contributed by atoms with Crippen molar-refractivity contribution >= 4 is 5.91 Å². The van der Waals surface area contributed by atoms with Crippen LogP contribution in [0.2, 0.25) is 0 Å². The van der Waals surface area contributed by atoms with Crippen molar-refractivity contribution in [1.82, 2.24) is 4.90 Å². The van der Waals surface area contributed by atoms with Gasteiger partial charge in [-0.05, 0) is 12.5 Å². The minimum Gasteiger partial charge on any atom is -0.496 e. The van der Waals surface area contributed by atoms with Crippen LogP contribution in [0.15, 0.2) is 24.3 Å². The summed E-state index contributed by atoms with van der Waals surface area (Å²) in [5.41, 5.74) is 0.949. The van der Waals surface area contributed by atoms with E-state index in [4.69, 9.17) is 9.47 Å². The molecule has 1 aromatic carbocycles. The van der Waals surface area contributed by atoms with Crippen molar-refractivity contribution in [3.05, 3.63) is 29.8 Å². The normalized spacial score (nSPS) is 18.6. The predicted molar refractivity (Wildman–Crippen MR) is 73.3 cm³/mol. The number of para-hydroxylation sites is 1. The Morgan fingerprint density at radius 3 is 2.89 bits per heavy atom. The van der Waals surface area contributed by atoms with Crippen LogP contribution in [0.5, 0.6) is 5.75 Å². The van der Waals surface area contributed by atoms with Gasteiger partial charge in [0.2, 0.25) is 5.91 Å². The molecule has 0 radical (unpaired) electrons. The molecular formula is C15H21NO3. The molecule has 104 valence electrons. The summed E-state index contributed by atoms with van der Waals surface area (Å²) in [7, 11) is 3.34. The number of likely N-dealkylation sites (tertiary alicyclic amines) is 1. The zero-order valence-corrected chi connectivity index (χ0v) is 11.6. The van der Waals surface area contributed by atoms with Crippen molar-refractivity contribution in [2.24, 2.45) is 5.92 Å². The van der Waals surface area contributed by atoms with Gasteiger partial charge < -0.3 is 14.4 Å². The van der Waals surface area contributed by atoms with Gasteiger partial charge in [0.25, 0.3) is 0 Å². The van der Waals surface area contributed by atoms with E-state index in [-0.39, 0.29) is 5.91 Å². The Balaban J connectivity index is 1.94. The number of nitrogens with zero attached hydrogens (tertiary/aromatic N) is 1. The number of hydrogen-bond acceptors (Lipinski definition) is 3. The SMILES string of the molecule is COC[C@@H]1CCN(C(=O)Cc2ccccc2OC)C1. The first kappa shape index (κ1) is 13.9. The lowest BCUT2D eigenvalue weighted by molar-refractivity contribution is -0.129. The van der Waals surface area contributed by atoms with Gasteiger partial charge in [-0.15, -0.1) is 0 Å². The van der Waals surface area contributed by atoms with Gasteiger partial charge in [0.15, 0.2) is 0 Å². The highest BCUT2D eigenvalue weighted by Gasteiger charge is 2.26. The lowest BCUT2D eigenvalue weighted by atomic mass is 10.1. The molecule has 19 heavy (non-hydrogen) atoms. The molecule has 4 nitrogen and oxygen atoms in total. The quantitative estimate of drug-likeness (QED) is 0.812. The molecule has 0 unspecified atom stereocenters. The van der Waals surface area contributed by atoms with Crippen LogP contribution in [0.1, 0.15) is 12.0 Å². The van der Waals surface area contributed by atoms with Crippen LogP contribution in [0.4, 0.5) is 0 Å². The highest BCUT2D eigenvalue weighted by atomic mass is 16.5. The Morgan fingerprint density at radius 2 is 2.16 bits per heavy atom. The minimum atomic E-state index is 0.170. The Kier molecular flexibility index (Phi) is 4.80. The van der Waals surface area contributed by atoms with Gasteiger partial charge in [-0.25, -0.2) is 0 Å². The number of hydrogen-bond donors (Lipinski definition) is 0. The van der Waals surface area contributed by atoms with Gasteiger partial charge >= 0.3 is 0 Å². The Morgan fingerprint density at radius 1 is 1.37 bits per heavy atom. The molecule has 1 aliphatic heterocycles. The molecule has 4 heteroatoms. The van der Waals surface area contributed by atoms with Crippen molar-refractivity contribution in [2.45, 2.75) is 12.8 Å². The molecule has 2 rings (SSSR count). The van der Waals surface area contributed by atoms with Gasteiger partial charge in [0, 0.05) is 31.7 Å². The van der Waals surface area contributed by atoms with Gasteiger partial charge in [-0.2, -0.15) is 0 Å². The fraction of sp³-hybridized carbons (Fsp3) is 0.533. The van der Waals surface area contributed by atoms with Crippen LogP contribution < -0.4 is 4.74 Å². The van der Waals surface area contributed by atoms with Gasteiger partial charge in [-0.1, -0.05) is 18.2 Å². The van der Waals surface area contributed by atoms with Crippen molar-refractivity contribution < 1.29 is 14.3 Å². The molecule has 0 bridgehead atoms. The summed E-state index contributed by atoms with van der Waals surface area (Å²) >= 11 is 0. The number of rotatable bonds is 5. The van der Waals surface area contributed by atoms with E-state index in [0.29, 0.717) is 12.3 Å². The zero-order chi connectivity index (χ0) is 13.7. The second kappa shape index (κ2) is 6.57. The van der Waals surface area contributed by atoms with Crippen LogP contribution in [-0.2, 0) is 16.0 Å². The first-order chi connectivity index (χ1) is 9.24. The topological polar surface area (TPSA) is 38.8 Å². The molecule has 0 spiro atoms. The third-order valence-electron chi connectivity index (χ3n) is 3.58. The summed E-state index contributed by atoms with van der Waals surface area (Å²) < 4.78 is 10.4. The Hall–Kier alpha value is -1.55. The van der Waals surface area contributed by atoms with Crippen molar-refractivity contribution in [3.63, 3.8) is 0 Å². The zero-order valence-electron chi connectivity index (χ0n) is 11.6. The molecule has 1 saturated heterocycles. The Labute approximate surface area is 114 Å². The van der Waals surface area contributed by atoms with Crippen LogP contribution in [0.25, 0.3) is 0 Å². The first-order valence-corrected chi connectivity index (χ1v) is 6.63. The summed E-state index contributed by atoms with van der Waals surface area (Å²) in [6, 6.07) is 7.68. The average Bonchev–Trinajstić information content (AvgIpc) is 2.88. The molecule has 1 amide bonds. The van der Waals surface area contributed by atoms with E-state index in [0.717, 1.165) is 37.4 Å². The number of methoxy groups -OCH3 is 2. The van der Waals surface area contributed by atoms with Gasteiger partial charge in [0.05, 0.1) is 20.1 Å². The fourth-order valence-corrected chi connectivity index (χ4v) is 2.55. The van der Waals surface area contributed by atoms with Crippen molar-refractivity contribution in [1.29, 1.82) is 0 Å². The predicted octanol–water partition coefficient (Wildman–Crippen LogP) is 1.73. The summed E-state index contributed by atoms with van der Waals surface area (Å²) in [6.07, 6.45) is 1.44. The second-order valence-corrected chi connectivity index (χ2v) is 4.94. The van der Waals surface area contributed by atoms with Crippen LogP contribution in [-0.4, -0.2) is 44.7 Å². The van der Waals surface area contributed by atoms with E-state index in [1.165, 1.54) is 0 Å². The highest BCUT2D eigenvalue weighted by molar-refractivity contribution is 5.79. The van der Waals surface area contributed by atoms with Crippen LogP contribution >= 0.6 is 0 Å². The standard InChI is InChI=1S/C15H21NO3/c1-18-11-12-7-8-16(10-12)15(17)9-13-5-3-4-6-14(13)19-2/h3-6,12H,7-11H2,1-2H3/t12-/m1/s1. The van der Waals surface area contributed by atoms with E-state index in [2.05, 4.69) is 0 Å². The van der Waals surface area contributed by atoms with Crippen LogP contribution in [0.3, 0.4) is 0 Å². The molecule has 0 saturated carbocycles. The second-order valence-electron chi connectivity index (χ2n) is 4.94. The summed E-state index contributed by atoms with van der Waals surface area (Å²) in [6.45, 7) is 2.38. The lowest BCUT2D eigenvalue weighted by Gasteiger charge is -2.17. The van der Waals surface area contributed by atoms with Crippen LogP contribution in [0, 0.1) is 5.92 Å². The molecule has 1 aliphatic rings. The maximum absolute atomic E-state index is 12.3. The lowest BCUT2D eigenvalue weighted by Crippen LogP contribution is -2.30. The van der Waals surface area contributed by atoms with Gasteiger partial charge in [0.1, 0.15) is 5.75 Å². The van der Waals surface area contributed by atoms with E-state index in [1.807, 2.05) is 29.2 Å². The third-order valence-corrected chi connectivity index (χ3v) is 3.58. The maximum Gasteiger partial charge on any atom is 0.227 e. The number of carbonyl (C=O) groups excluding carboxylic acids is 1. The number of carbonyl (C=O) groups is 1. The maximum atomic E-state index is 12.3. The molecule has 1 aromatic rings. The first-order valence-electron chi connectivity index (χ1n) is 6.63. The minimum absolute atomic E-state index is 0.170. The molecular weight excluding hydrogens is 242 g/mol. The average molecular weight is 263 g/mol. The number of benzene rings is 1. The smallest absolute Gasteiger partial charge is 0.227 e. The fourth-order valence-electron chi connectivity index (χ4n) is 2.55. The Bertz CT molecular complexity index is 433. The molecule has 1 fully saturated rings. The van der Waals surface area contributed by atoms with E-state index in [9.17, 15) is 4.79 Å². The summed E-state index contributed by atoms with van der Waals surface area (Å²) in [4.78, 5) is 14.2. The highest BCUT2D eigenvalue weighted by Crippen LogP contribution is 2.21. The number of ether oxygens (including phenoxy) is 2. The van der Waals surface area contributed by atoms with Gasteiger partial charge in [-0.3, -0.25) is 4.79 Å². The summed E-state index contributed by atoms with van der Waals surface area (Å²) in [5.74, 6) is 1.43. The molecule has 1 heterocycles. The molecule has 0 N–H and O–H groups in total. The molecule has 0 aliphatic carbocycles. The summed E-state index contributed by atoms with van der Waals surface area (Å²) in [5, 5.41) is 0. The molecule has 1 atom stereocenters. The van der Waals surface area contributed by atoms with E-state index in [1.54, 1.807) is 14.2 Å². The largest absolute Gasteiger partial charge is 0.496 e. The van der Waals surface area contributed by atoms with E-state index >= 15 is 0 Å². The van der Waals surface area contributed by atoms with Crippen molar-refractivity contribution in [2.75, 3.05) is 33.9 Å². The van der Waals surface area contributed by atoms with E-state index < -0.39 is 0 Å². The number of amides is 1. The third kappa shape index (κ3) is 3.47. The molecule has 0 aromatic heterocycles.